The van der Waals surface area contributed by atoms with Crippen molar-refractivity contribution >= 4 is 15.9 Å². The summed E-state index contributed by atoms with van der Waals surface area (Å²) in [7, 11) is -3.42. The first kappa shape index (κ1) is 17.7. The van der Waals surface area contributed by atoms with Gasteiger partial charge in [0, 0.05) is 19.3 Å². The van der Waals surface area contributed by atoms with Crippen LogP contribution in [-0.2, 0) is 21.2 Å². The summed E-state index contributed by atoms with van der Waals surface area (Å²) in [6.07, 6.45) is 2.26. The molecular weight excluding hydrogens is 318 g/mol. The molecule has 0 aromatic heterocycles. The van der Waals surface area contributed by atoms with Crippen LogP contribution in [0.15, 0.2) is 30.3 Å². The summed E-state index contributed by atoms with van der Waals surface area (Å²) in [5, 5.41) is 9.63. The number of rotatable bonds is 5. The molecule has 0 radical (unpaired) electrons. The molecular formula is C16H23NO5S. The molecule has 1 aliphatic heterocycles. The molecule has 1 unspecified atom stereocenters. The first-order valence-electron chi connectivity index (χ1n) is 7.69. The fraction of sp³-hybridized carbons (Fsp3) is 0.562. The Labute approximate surface area is 137 Å². The van der Waals surface area contributed by atoms with Gasteiger partial charge < -0.3 is 14.7 Å². The molecule has 6 nitrogen and oxygen atoms in total. The van der Waals surface area contributed by atoms with Crippen molar-refractivity contribution in [3.8, 4) is 0 Å². The zero-order chi connectivity index (χ0) is 16.9. The molecule has 0 bridgehead atoms. The molecule has 1 fully saturated rings. The van der Waals surface area contributed by atoms with Crippen LogP contribution in [0.1, 0.15) is 24.8 Å². The van der Waals surface area contributed by atoms with Crippen LogP contribution < -0.4 is 0 Å². The molecule has 1 saturated heterocycles. The molecule has 23 heavy (non-hydrogen) atoms. The van der Waals surface area contributed by atoms with Crippen LogP contribution >= 0.6 is 0 Å². The van der Waals surface area contributed by atoms with E-state index in [1.807, 2.05) is 30.3 Å². The van der Waals surface area contributed by atoms with E-state index in [0.29, 0.717) is 25.9 Å². The third-order valence-electron chi connectivity index (χ3n) is 4.11. The molecule has 1 aromatic rings. The van der Waals surface area contributed by atoms with E-state index in [1.165, 1.54) is 0 Å². The predicted octanol–water partition coefficient (Wildman–Crippen LogP) is 1.79. The zero-order valence-corrected chi connectivity index (χ0v) is 14.0. The molecule has 1 heterocycles. The summed E-state index contributed by atoms with van der Waals surface area (Å²) in [5.41, 5.74) is -0.379. The number of nitrogens with zero attached hydrogens (tertiary/aromatic N) is 1. The number of benzene rings is 1. The monoisotopic (exact) mass is 341 g/mol. The highest BCUT2D eigenvalue weighted by Crippen LogP contribution is 2.24. The Morgan fingerprint density at radius 2 is 1.91 bits per heavy atom. The number of sulfone groups is 1. The molecule has 1 N–H and O–H groups in total. The molecule has 1 amide bonds. The van der Waals surface area contributed by atoms with E-state index >= 15 is 0 Å². The van der Waals surface area contributed by atoms with Crippen LogP contribution in [0.25, 0.3) is 0 Å². The second kappa shape index (κ2) is 7.79. The van der Waals surface area contributed by atoms with Crippen molar-refractivity contribution in [3.05, 3.63) is 35.9 Å². The van der Waals surface area contributed by atoms with E-state index < -0.39 is 15.3 Å². The largest absolute Gasteiger partial charge is 0.445 e. The molecule has 1 atom stereocenters. The van der Waals surface area contributed by atoms with Crippen molar-refractivity contribution in [2.24, 2.45) is 5.92 Å². The molecule has 128 valence electrons. The SMILES string of the molecule is CS(=O)(=O)C(O)CC1CCN(C(=O)OCc2ccccc2)CC1. The lowest BCUT2D eigenvalue weighted by Gasteiger charge is -2.31. The highest BCUT2D eigenvalue weighted by molar-refractivity contribution is 7.91. The van der Waals surface area contributed by atoms with E-state index in [4.69, 9.17) is 4.74 Å². The maximum Gasteiger partial charge on any atom is 0.410 e. The first-order chi connectivity index (χ1) is 10.9. The van der Waals surface area contributed by atoms with Crippen LogP contribution in [-0.4, -0.2) is 49.3 Å². The van der Waals surface area contributed by atoms with Gasteiger partial charge in [0.15, 0.2) is 15.3 Å². The van der Waals surface area contributed by atoms with Gasteiger partial charge in [-0.1, -0.05) is 30.3 Å². The van der Waals surface area contributed by atoms with E-state index in [2.05, 4.69) is 0 Å². The summed E-state index contributed by atoms with van der Waals surface area (Å²) >= 11 is 0. The number of ether oxygens (including phenoxy) is 1. The summed E-state index contributed by atoms with van der Waals surface area (Å²) in [4.78, 5) is 13.6. The van der Waals surface area contributed by atoms with Gasteiger partial charge in [-0.3, -0.25) is 0 Å². The Morgan fingerprint density at radius 1 is 1.30 bits per heavy atom. The number of hydrogen-bond acceptors (Lipinski definition) is 5. The maximum atomic E-state index is 12.0. The Balaban J connectivity index is 1.74. The van der Waals surface area contributed by atoms with E-state index in [1.54, 1.807) is 4.90 Å². The normalized spacial score (nSPS) is 17.7. The maximum absolute atomic E-state index is 12.0. The standard InChI is InChI=1S/C16H23NO5S/c1-23(20,21)15(18)11-13-7-9-17(10-8-13)16(19)22-12-14-5-3-2-4-6-14/h2-6,13,15,18H,7-12H2,1H3. The fourth-order valence-corrected chi connectivity index (χ4v) is 3.24. The van der Waals surface area contributed by atoms with Crippen LogP contribution in [0.2, 0.25) is 0 Å². The quantitative estimate of drug-likeness (QED) is 0.883. The minimum atomic E-state index is -3.42. The highest BCUT2D eigenvalue weighted by atomic mass is 32.2. The van der Waals surface area contributed by atoms with Gasteiger partial charge >= 0.3 is 6.09 Å². The number of aliphatic hydroxyl groups excluding tert-OH is 1. The number of aliphatic hydroxyl groups is 1. The third kappa shape index (κ3) is 5.51. The second-order valence-corrected chi connectivity index (χ2v) is 8.19. The fourth-order valence-electron chi connectivity index (χ4n) is 2.62. The van der Waals surface area contributed by atoms with Crippen LogP contribution in [0.3, 0.4) is 0 Å². The van der Waals surface area contributed by atoms with Gasteiger partial charge in [0.05, 0.1) is 0 Å². The number of piperidine rings is 1. The zero-order valence-electron chi connectivity index (χ0n) is 13.2. The topological polar surface area (TPSA) is 83.9 Å². The smallest absolute Gasteiger partial charge is 0.410 e. The number of carbonyl (C=O) groups excluding carboxylic acids is 1. The summed E-state index contributed by atoms with van der Waals surface area (Å²) < 4.78 is 27.8. The molecule has 7 heteroatoms. The number of likely N-dealkylation sites (tertiary alicyclic amines) is 1. The van der Waals surface area contributed by atoms with Crippen LogP contribution in [0.5, 0.6) is 0 Å². The van der Waals surface area contributed by atoms with E-state index in [9.17, 15) is 18.3 Å². The van der Waals surface area contributed by atoms with Gasteiger partial charge in [0.2, 0.25) is 0 Å². The van der Waals surface area contributed by atoms with E-state index in [0.717, 1.165) is 11.8 Å². The van der Waals surface area contributed by atoms with Crippen molar-refractivity contribution in [1.82, 2.24) is 4.90 Å². The van der Waals surface area contributed by atoms with Crippen LogP contribution in [0, 0.1) is 5.92 Å². The van der Waals surface area contributed by atoms with Gasteiger partial charge in [-0.15, -0.1) is 0 Å². The molecule has 2 rings (SSSR count). The average molecular weight is 341 g/mol. The molecule has 0 saturated carbocycles. The Hall–Kier alpha value is -1.60. The van der Waals surface area contributed by atoms with Crippen molar-refractivity contribution in [3.63, 3.8) is 0 Å². The molecule has 1 aromatic carbocycles. The Morgan fingerprint density at radius 3 is 2.48 bits per heavy atom. The van der Waals surface area contributed by atoms with Crippen molar-refractivity contribution < 1.29 is 23.1 Å². The lowest BCUT2D eigenvalue weighted by Crippen LogP contribution is -2.39. The minimum absolute atomic E-state index is 0.109. The Kier molecular flexibility index (Phi) is 6.01. The van der Waals surface area contributed by atoms with Gasteiger partial charge in [-0.25, -0.2) is 13.2 Å². The number of carbonyl (C=O) groups is 1. The van der Waals surface area contributed by atoms with Gasteiger partial charge in [-0.2, -0.15) is 0 Å². The molecule has 0 aliphatic carbocycles. The second-order valence-electron chi connectivity index (χ2n) is 5.99. The van der Waals surface area contributed by atoms with E-state index in [-0.39, 0.29) is 25.0 Å². The van der Waals surface area contributed by atoms with Gasteiger partial charge in [0.1, 0.15) is 6.61 Å². The third-order valence-corrected chi connectivity index (χ3v) is 5.29. The lowest BCUT2D eigenvalue weighted by molar-refractivity contribution is 0.0779. The summed E-state index contributed by atoms with van der Waals surface area (Å²) in [6, 6.07) is 9.47. The minimum Gasteiger partial charge on any atom is -0.445 e. The molecule has 1 aliphatic rings. The molecule has 0 spiro atoms. The Bertz CT molecular complexity index is 609. The van der Waals surface area contributed by atoms with Gasteiger partial charge in [0.25, 0.3) is 0 Å². The first-order valence-corrected chi connectivity index (χ1v) is 9.64. The summed E-state index contributed by atoms with van der Waals surface area (Å²) in [6.45, 7) is 1.29. The van der Waals surface area contributed by atoms with Gasteiger partial charge in [-0.05, 0) is 30.7 Å². The lowest BCUT2D eigenvalue weighted by atomic mass is 9.94. The number of amides is 1. The highest BCUT2D eigenvalue weighted by Gasteiger charge is 2.28. The van der Waals surface area contributed by atoms with Crippen molar-refractivity contribution in [1.29, 1.82) is 0 Å². The number of hydrogen-bond donors (Lipinski definition) is 1. The van der Waals surface area contributed by atoms with Crippen molar-refractivity contribution in [2.75, 3.05) is 19.3 Å². The van der Waals surface area contributed by atoms with Crippen LogP contribution in [0.4, 0.5) is 4.79 Å². The average Bonchev–Trinajstić information content (AvgIpc) is 2.53. The summed E-state index contributed by atoms with van der Waals surface area (Å²) in [5.74, 6) is 0.109. The van der Waals surface area contributed by atoms with Crippen molar-refractivity contribution in [2.45, 2.75) is 31.3 Å². The predicted molar refractivity (Wildman–Crippen MR) is 86.4 cm³/mol.